The molecule has 2 heterocycles. The lowest BCUT2D eigenvalue weighted by atomic mass is 10.1. The Hall–Kier alpha value is -4.10. The van der Waals surface area contributed by atoms with E-state index in [1.54, 1.807) is 30.5 Å². The van der Waals surface area contributed by atoms with E-state index in [1.807, 2.05) is 36.6 Å². The number of carbonyl (C=O) groups excluding carboxylic acids is 2. The van der Waals surface area contributed by atoms with Crippen molar-refractivity contribution in [2.45, 2.75) is 39.0 Å². The summed E-state index contributed by atoms with van der Waals surface area (Å²) in [5.41, 5.74) is 3.22. The van der Waals surface area contributed by atoms with Gasteiger partial charge in [-0.1, -0.05) is 42.1 Å². The van der Waals surface area contributed by atoms with E-state index in [1.165, 1.54) is 29.2 Å². The van der Waals surface area contributed by atoms with E-state index < -0.39 is 4.92 Å². The number of thiazole rings is 1. The maximum Gasteiger partial charge on any atom is 0.272 e. The van der Waals surface area contributed by atoms with E-state index >= 15 is 0 Å². The number of nitrogens with zero attached hydrogens (tertiary/aromatic N) is 5. The lowest BCUT2D eigenvalue weighted by Gasteiger charge is -2.09. The summed E-state index contributed by atoms with van der Waals surface area (Å²) in [4.78, 5) is 40.3. The first-order valence-corrected chi connectivity index (χ1v) is 13.5. The number of anilines is 1. The molecule has 38 heavy (non-hydrogen) atoms. The van der Waals surface area contributed by atoms with Gasteiger partial charge in [0.25, 0.3) is 11.6 Å². The van der Waals surface area contributed by atoms with E-state index in [0.717, 1.165) is 5.56 Å². The van der Waals surface area contributed by atoms with Crippen LogP contribution < -0.4 is 10.6 Å². The molecule has 0 aliphatic heterocycles. The zero-order valence-corrected chi connectivity index (χ0v) is 22.6. The Labute approximate surface area is 226 Å². The molecule has 0 spiro atoms. The van der Waals surface area contributed by atoms with Crippen LogP contribution in [0.3, 0.4) is 0 Å². The maximum atomic E-state index is 12.6. The van der Waals surface area contributed by atoms with Crippen molar-refractivity contribution in [3.05, 3.63) is 80.5 Å². The first kappa shape index (κ1) is 26.9. The zero-order valence-electron chi connectivity index (χ0n) is 20.9. The number of rotatable bonds is 10. The fourth-order valence-electron chi connectivity index (χ4n) is 3.67. The normalized spacial score (nSPS) is 10.8. The van der Waals surface area contributed by atoms with Crippen LogP contribution >= 0.6 is 23.1 Å². The molecule has 13 heteroatoms. The highest BCUT2D eigenvalue weighted by Gasteiger charge is 2.17. The van der Waals surface area contributed by atoms with Crippen molar-refractivity contribution in [3.63, 3.8) is 0 Å². The number of nitro groups is 1. The highest BCUT2D eigenvalue weighted by Crippen LogP contribution is 2.29. The number of nitrogens with one attached hydrogen (secondary N) is 2. The number of carbonyl (C=O) groups is 2. The third kappa shape index (κ3) is 6.23. The van der Waals surface area contributed by atoms with Crippen LogP contribution in [0.25, 0.3) is 11.3 Å². The highest BCUT2D eigenvalue weighted by atomic mass is 32.2. The molecule has 2 aromatic carbocycles. The summed E-state index contributed by atoms with van der Waals surface area (Å²) in [5.74, 6) is 0.212. The summed E-state index contributed by atoms with van der Waals surface area (Å²) in [7, 11) is 0. The SMILES string of the molecule is CCn1c(CNC(=O)c2ccccc2C)nnc1SCC(=O)Nc1nc(-c2ccc(C)c([N+](=O)[O-])c2)cs1. The number of hydrogen-bond donors (Lipinski definition) is 2. The quantitative estimate of drug-likeness (QED) is 0.165. The van der Waals surface area contributed by atoms with Gasteiger partial charge in [-0.2, -0.15) is 0 Å². The minimum Gasteiger partial charge on any atom is -0.345 e. The molecule has 0 saturated heterocycles. The van der Waals surface area contributed by atoms with Crippen molar-refractivity contribution < 1.29 is 14.5 Å². The second-order valence-electron chi connectivity index (χ2n) is 8.27. The van der Waals surface area contributed by atoms with Gasteiger partial charge in [0.2, 0.25) is 5.91 Å². The first-order chi connectivity index (χ1) is 18.3. The maximum absolute atomic E-state index is 12.6. The Bertz CT molecular complexity index is 1500. The van der Waals surface area contributed by atoms with Crippen molar-refractivity contribution in [2.24, 2.45) is 0 Å². The Morgan fingerprint density at radius 3 is 2.66 bits per heavy atom. The Kier molecular flexibility index (Phi) is 8.48. The second-order valence-corrected chi connectivity index (χ2v) is 10.1. The monoisotopic (exact) mass is 551 g/mol. The molecule has 2 aromatic heterocycles. The topological polar surface area (TPSA) is 145 Å². The van der Waals surface area contributed by atoms with Crippen molar-refractivity contribution in [1.82, 2.24) is 25.1 Å². The number of aryl methyl sites for hydroxylation is 2. The van der Waals surface area contributed by atoms with E-state index in [-0.39, 0.29) is 29.8 Å². The van der Waals surface area contributed by atoms with Gasteiger partial charge in [-0.3, -0.25) is 19.7 Å². The van der Waals surface area contributed by atoms with Crippen LogP contribution in [0, 0.1) is 24.0 Å². The predicted molar refractivity (Wildman–Crippen MR) is 146 cm³/mol. The zero-order chi connectivity index (χ0) is 27.2. The van der Waals surface area contributed by atoms with Crippen LogP contribution in [-0.2, 0) is 17.9 Å². The average Bonchev–Trinajstić information content (AvgIpc) is 3.53. The molecule has 4 rings (SSSR count). The Morgan fingerprint density at radius 1 is 1.13 bits per heavy atom. The van der Waals surface area contributed by atoms with Crippen molar-refractivity contribution in [3.8, 4) is 11.3 Å². The van der Waals surface area contributed by atoms with Gasteiger partial charge in [0.05, 0.1) is 22.9 Å². The first-order valence-electron chi connectivity index (χ1n) is 11.7. The van der Waals surface area contributed by atoms with E-state index in [0.29, 0.717) is 45.0 Å². The van der Waals surface area contributed by atoms with Crippen molar-refractivity contribution >= 4 is 45.7 Å². The van der Waals surface area contributed by atoms with Gasteiger partial charge in [0, 0.05) is 34.7 Å². The van der Waals surface area contributed by atoms with Crippen LogP contribution in [0.15, 0.2) is 53.0 Å². The van der Waals surface area contributed by atoms with Gasteiger partial charge < -0.3 is 15.2 Å². The molecule has 0 fully saturated rings. The van der Waals surface area contributed by atoms with E-state index in [4.69, 9.17) is 0 Å². The standard InChI is InChI=1S/C25H25N7O4S2/c1-4-31-21(12-26-23(34)18-8-6-5-7-15(18)2)29-30-25(31)38-14-22(33)28-24-27-19(13-37-24)17-10-9-16(3)20(11-17)32(35)36/h5-11,13H,4,12,14H2,1-3H3,(H,26,34)(H,27,28,33). The molecule has 0 saturated carbocycles. The van der Waals surface area contributed by atoms with Crippen molar-refractivity contribution in [1.29, 1.82) is 0 Å². The fourth-order valence-corrected chi connectivity index (χ4v) is 5.23. The number of benzene rings is 2. The predicted octanol–water partition coefficient (Wildman–Crippen LogP) is 4.61. The number of thioether (sulfide) groups is 1. The molecule has 11 nitrogen and oxygen atoms in total. The smallest absolute Gasteiger partial charge is 0.272 e. The van der Waals surface area contributed by atoms with Crippen LogP contribution in [-0.4, -0.2) is 42.2 Å². The van der Waals surface area contributed by atoms with Crippen LogP contribution in [0.4, 0.5) is 10.8 Å². The number of nitro benzene ring substituents is 1. The molecule has 4 aromatic rings. The Morgan fingerprint density at radius 2 is 1.92 bits per heavy atom. The van der Waals surface area contributed by atoms with Gasteiger partial charge in [0.15, 0.2) is 16.1 Å². The van der Waals surface area contributed by atoms with Crippen molar-refractivity contribution in [2.75, 3.05) is 11.1 Å². The van der Waals surface area contributed by atoms with Gasteiger partial charge in [-0.25, -0.2) is 4.98 Å². The molecule has 2 amide bonds. The highest BCUT2D eigenvalue weighted by molar-refractivity contribution is 7.99. The summed E-state index contributed by atoms with van der Waals surface area (Å²) < 4.78 is 1.85. The Balaban J connectivity index is 1.34. The van der Waals surface area contributed by atoms with Crippen LogP contribution in [0.2, 0.25) is 0 Å². The summed E-state index contributed by atoms with van der Waals surface area (Å²) in [6.07, 6.45) is 0. The number of aromatic nitrogens is 4. The average molecular weight is 552 g/mol. The fraction of sp³-hybridized carbons (Fsp3) is 0.240. The van der Waals surface area contributed by atoms with Gasteiger partial charge in [-0.05, 0) is 32.4 Å². The third-order valence-electron chi connectivity index (χ3n) is 5.69. The molecule has 196 valence electrons. The number of amides is 2. The lowest BCUT2D eigenvalue weighted by molar-refractivity contribution is -0.385. The minimum absolute atomic E-state index is 0.0200. The van der Waals surface area contributed by atoms with Crippen LogP contribution in [0.5, 0.6) is 0 Å². The second kappa shape index (κ2) is 12.0. The minimum atomic E-state index is -0.427. The molecule has 0 atom stereocenters. The molecule has 0 aliphatic rings. The summed E-state index contributed by atoms with van der Waals surface area (Å²) in [6, 6.07) is 12.3. The van der Waals surface area contributed by atoms with Gasteiger partial charge >= 0.3 is 0 Å². The van der Waals surface area contributed by atoms with E-state index in [2.05, 4.69) is 25.8 Å². The van der Waals surface area contributed by atoms with E-state index in [9.17, 15) is 19.7 Å². The third-order valence-corrected chi connectivity index (χ3v) is 7.42. The summed E-state index contributed by atoms with van der Waals surface area (Å²) in [5, 5.41) is 27.9. The molecule has 0 bridgehead atoms. The van der Waals surface area contributed by atoms with Gasteiger partial charge in [0.1, 0.15) is 0 Å². The molecule has 0 unspecified atom stereocenters. The largest absolute Gasteiger partial charge is 0.345 e. The van der Waals surface area contributed by atoms with Crippen LogP contribution in [0.1, 0.15) is 34.2 Å². The molecule has 2 N–H and O–H groups in total. The molecule has 0 radical (unpaired) electrons. The molecular formula is C25H25N7O4S2. The lowest BCUT2D eigenvalue weighted by Crippen LogP contribution is -2.25. The number of hydrogen-bond acceptors (Lipinski definition) is 9. The molecule has 0 aliphatic carbocycles. The molecular weight excluding hydrogens is 526 g/mol. The summed E-state index contributed by atoms with van der Waals surface area (Å²) >= 11 is 2.47. The van der Waals surface area contributed by atoms with Gasteiger partial charge in [-0.15, -0.1) is 21.5 Å². The summed E-state index contributed by atoms with van der Waals surface area (Å²) in [6.45, 7) is 6.28.